The number of allylic oxidation sites excluding steroid dienone is 1. The molecule has 6 nitrogen and oxygen atoms in total. The number of nitrogens with one attached hydrogen (secondary N) is 1. The van der Waals surface area contributed by atoms with Gasteiger partial charge >= 0.3 is 6.09 Å². The zero-order valence-corrected chi connectivity index (χ0v) is 41.1. The lowest BCUT2D eigenvalue weighted by Crippen LogP contribution is -2.51. The van der Waals surface area contributed by atoms with E-state index in [9.17, 15) is 4.79 Å². The molecule has 338 valence electrons. The van der Waals surface area contributed by atoms with Crippen molar-refractivity contribution in [3.8, 4) is 0 Å². The van der Waals surface area contributed by atoms with Gasteiger partial charge in [-0.2, -0.15) is 0 Å². The highest BCUT2D eigenvalue weighted by Gasteiger charge is 2.59. The quantitative estimate of drug-likeness (QED) is 0.0744. The van der Waals surface area contributed by atoms with Crippen LogP contribution >= 0.6 is 37.2 Å². The highest BCUT2D eigenvalue weighted by molar-refractivity contribution is 5.86. The molecule has 9 heteroatoms. The molecule has 0 radical (unpaired) electrons. The van der Waals surface area contributed by atoms with Gasteiger partial charge in [-0.05, 0) is 168 Å². The van der Waals surface area contributed by atoms with Crippen molar-refractivity contribution in [1.29, 1.82) is 0 Å². The van der Waals surface area contributed by atoms with E-state index in [1.54, 1.807) is 5.57 Å². The van der Waals surface area contributed by atoms with E-state index in [0.29, 0.717) is 12.0 Å². The number of ether oxygens (including phenoxy) is 1. The van der Waals surface area contributed by atoms with Gasteiger partial charge in [0.15, 0.2) is 0 Å². The Hall–Kier alpha value is -0.240. The molecule has 9 atom stereocenters. The Morgan fingerprint density at radius 1 is 0.842 bits per heavy atom. The monoisotopic (exact) mass is 863 g/mol. The maximum Gasteiger partial charge on any atom is 0.410 e. The van der Waals surface area contributed by atoms with Gasteiger partial charge in [0.25, 0.3) is 0 Å². The first-order chi connectivity index (χ1) is 25.6. The van der Waals surface area contributed by atoms with Gasteiger partial charge in [-0.15, -0.1) is 37.2 Å². The lowest BCUT2D eigenvalue weighted by Gasteiger charge is -2.58. The maximum atomic E-state index is 13.9. The summed E-state index contributed by atoms with van der Waals surface area (Å²) in [4.78, 5) is 15.9. The van der Waals surface area contributed by atoms with Gasteiger partial charge in [-0.1, -0.05) is 93.7 Å². The molecule has 0 aliphatic heterocycles. The van der Waals surface area contributed by atoms with Crippen LogP contribution in [0.5, 0.6) is 0 Å². The van der Waals surface area contributed by atoms with E-state index in [1.165, 1.54) is 51.4 Å². The third-order valence-electron chi connectivity index (χ3n) is 17.3. The Morgan fingerprint density at radius 3 is 2.11 bits per heavy atom. The molecule has 4 aliphatic carbocycles. The van der Waals surface area contributed by atoms with Crippen molar-refractivity contribution in [3.63, 3.8) is 0 Å². The fourth-order valence-electron chi connectivity index (χ4n) is 12.5. The largest absolute Gasteiger partial charge is 0.446 e. The van der Waals surface area contributed by atoms with Crippen molar-refractivity contribution in [2.24, 2.45) is 63.7 Å². The zero-order chi connectivity index (χ0) is 39.7. The number of unbranched alkanes of at least 4 members (excludes halogenated alkanes) is 1. The Kier molecular flexibility index (Phi) is 23.5. The number of halogens is 3. The predicted octanol–water partition coefficient (Wildman–Crippen LogP) is 12.9. The molecule has 0 saturated heterocycles. The maximum absolute atomic E-state index is 13.9. The SMILES string of the molecule is CC[C@H](CC[C@@H](C)[C@H]1CC[C@H]2[C@@H]3CC=C4C[C@@H](OC(=O)N(CCCCNCCC(N)(CC)CC)CCC(N)(CC)CC)CC[C@]4(C)[C@H]3CC[C@]12C)C(C)C.Cl.Cl.Cl. The third-order valence-corrected chi connectivity index (χ3v) is 17.3. The molecule has 3 fully saturated rings. The molecule has 1 amide bonds. The van der Waals surface area contributed by atoms with Crippen molar-refractivity contribution < 1.29 is 9.53 Å². The van der Waals surface area contributed by atoms with Crippen molar-refractivity contribution in [2.75, 3.05) is 26.2 Å². The smallest absolute Gasteiger partial charge is 0.410 e. The van der Waals surface area contributed by atoms with Gasteiger partial charge in [-0.3, -0.25) is 0 Å². The molecule has 0 aromatic rings. The topological polar surface area (TPSA) is 93.6 Å². The van der Waals surface area contributed by atoms with Crippen LogP contribution in [0.4, 0.5) is 4.79 Å². The highest BCUT2D eigenvalue weighted by Crippen LogP contribution is 2.67. The molecule has 4 rings (SSSR count). The molecule has 3 saturated carbocycles. The number of hydrogen-bond acceptors (Lipinski definition) is 5. The summed E-state index contributed by atoms with van der Waals surface area (Å²) >= 11 is 0. The van der Waals surface area contributed by atoms with E-state index < -0.39 is 0 Å². The van der Waals surface area contributed by atoms with Crippen LogP contribution in [-0.4, -0.2) is 54.4 Å². The van der Waals surface area contributed by atoms with Crippen molar-refractivity contribution in [2.45, 2.75) is 208 Å². The Balaban J connectivity index is 0.00000541. The van der Waals surface area contributed by atoms with Crippen LogP contribution in [0.1, 0.15) is 191 Å². The second-order valence-corrected chi connectivity index (χ2v) is 20.3. The van der Waals surface area contributed by atoms with Gasteiger partial charge in [0.05, 0.1) is 0 Å². The molecule has 0 spiro atoms. The Bertz CT molecular complexity index is 1190. The van der Waals surface area contributed by atoms with Crippen LogP contribution in [0.15, 0.2) is 11.6 Å². The fourth-order valence-corrected chi connectivity index (χ4v) is 12.5. The van der Waals surface area contributed by atoms with E-state index >= 15 is 0 Å². The molecular formula is C48H93Cl3N4O2. The first-order valence-corrected chi connectivity index (χ1v) is 23.6. The van der Waals surface area contributed by atoms with Crippen molar-refractivity contribution >= 4 is 43.3 Å². The first-order valence-electron chi connectivity index (χ1n) is 23.6. The van der Waals surface area contributed by atoms with Crippen molar-refractivity contribution in [3.05, 3.63) is 11.6 Å². The van der Waals surface area contributed by atoms with E-state index in [0.717, 1.165) is 132 Å². The van der Waals surface area contributed by atoms with Gasteiger partial charge in [0.1, 0.15) is 6.10 Å². The minimum atomic E-state index is -0.233. The summed E-state index contributed by atoms with van der Waals surface area (Å²) in [6.45, 7) is 27.1. The third kappa shape index (κ3) is 13.4. The number of carbonyl (C=O) groups excluding carboxylic acids is 1. The van der Waals surface area contributed by atoms with E-state index in [4.69, 9.17) is 16.2 Å². The molecule has 0 aromatic heterocycles. The van der Waals surface area contributed by atoms with Gasteiger partial charge in [-0.25, -0.2) is 4.79 Å². The molecular weight excluding hydrogens is 771 g/mol. The lowest BCUT2D eigenvalue weighted by atomic mass is 9.47. The average molecular weight is 865 g/mol. The summed E-state index contributed by atoms with van der Waals surface area (Å²) in [5, 5.41) is 3.60. The highest BCUT2D eigenvalue weighted by atomic mass is 35.5. The van der Waals surface area contributed by atoms with E-state index in [-0.39, 0.29) is 65.9 Å². The van der Waals surface area contributed by atoms with Crippen LogP contribution < -0.4 is 16.8 Å². The van der Waals surface area contributed by atoms with Crippen LogP contribution in [0.25, 0.3) is 0 Å². The second kappa shape index (κ2) is 24.4. The molecule has 0 aromatic carbocycles. The first kappa shape index (κ1) is 54.8. The van der Waals surface area contributed by atoms with E-state index in [1.807, 2.05) is 4.90 Å². The minimum absolute atomic E-state index is 0. The molecule has 5 N–H and O–H groups in total. The summed E-state index contributed by atoms with van der Waals surface area (Å²) in [7, 11) is 0. The molecule has 4 aliphatic rings. The molecule has 57 heavy (non-hydrogen) atoms. The number of fused-ring (bicyclic) bond motifs is 5. The summed E-state index contributed by atoms with van der Waals surface area (Å²) in [6.07, 6.45) is 24.3. The molecule has 0 unspecified atom stereocenters. The molecule has 0 bridgehead atoms. The minimum Gasteiger partial charge on any atom is -0.446 e. The van der Waals surface area contributed by atoms with Crippen LogP contribution in [0.2, 0.25) is 0 Å². The Labute approximate surface area is 371 Å². The summed E-state index contributed by atoms with van der Waals surface area (Å²) in [5.41, 5.74) is 15.3. The fraction of sp³-hybridized carbons (Fsp3) is 0.938. The summed E-state index contributed by atoms with van der Waals surface area (Å²) in [5.74, 6) is 5.87. The van der Waals surface area contributed by atoms with Crippen LogP contribution in [0.3, 0.4) is 0 Å². The second-order valence-electron chi connectivity index (χ2n) is 20.3. The standard InChI is InChI=1S/C48H90N4O2.3ClH/c1-11-37(35(6)7)19-18-36(8)41-22-23-42-40-21-20-38-34-39(24-26-45(38,9)43(40)25-27-46(41,42)10)54-44(53)52(33-29-48(50,14-4)15-5)32-17-16-30-51-31-28-47(49,12-2)13-3;;;/h20,35-37,39-43,51H,11-19,21-34,49-50H2,1-10H3;3*1H/t36-,37-,39+,40+,41-,42+,43+,45+,46-;;;/m1.../s1. The number of carbonyl (C=O) groups is 1. The van der Waals surface area contributed by atoms with Gasteiger partial charge in [0, 0.05) is 30.6 Å². The lowest BCUT2D eigenvalue weighted by molar-refractivity contribution is -0.0596. The van der Waals surface area contributed by atoms with Gasteiger partial charge < -0.3 is 26.4 Å². The number of hydrogen-bond donors (Lipinski definition) is 3. The average Bonchev–Trinajstić information content (AvgIpc) is 3.52. The number of nitrogens with two attached hydrogens (primary N) is 2. The number of rotatable bonds is 22. The number of amides is 1. The summed E-state index contributed by atoms with van der Waals surface area (Å²) < 4.78 is 6.44. The zero-order valence-electron chi connectivity index (χ0n) is 38.6. The van der Waals surface area contributed by atoms with Crippen molar-refractivity contribution in [1.82, 2.24) is 10.2 Å². The van der Waals surface area contributed by atoms with Crippen LogP contribution in [-0.2, 0) is 4.74 Å². The predicted molar refractivity (Wildman–Crippen MR) is 252 cm³/mol. The molecule has 0 heterocycles. The number of nitrogens with zero attached hydrogens (tertiary/aromatic N) is 1. The summed E-state index contributed by atoms with van der Waals surface area (Å²) in [6, 6.07) is 0. The van der Waals surface area contributed by atoms with Crippen LogP contribution in [0, 0.1) is 52.3 Å². The van der Waals surface area contributed by atoms with E-state index in [2.05, 4.69) is 80.6 Å². The normalized spacial score (nSPS) is 29.4. The Morgan fingerprint density at radius 2 is 1.49 bits per heavy atom. The van der Waals surface area contributed by atoms with Gasteiger partial charge in [0.2, 0.25) is 0 Å².